The van der Waals surface area contributed by atoms with Crippen LogP contribution in [-0.4, -0.2) is 32.8 Å². The highest BCUT2D eigenvalue weighted by molar-refractivity contribution is 6.00. The van der Waals surface area contributed by atoms with E-state index in [0.29, 0.717) is 5.92 Å². The van der Waals surface area contributed by atoms with Gasteiger partial charge in [-0.25, -0.2) is 9.59 Å². The summed E-state index contributed by atoms with van der Waals surface area (Å²) in [6, 6.07) is 12.3. The van der Waals surface area contributed by atoms with E-state index in [-0.39, 0.29) is 12.1 Å². The van der Waals surface area contributed by atoms with E-state index in [0.717, 1.165) is 40.7 Å². The Hall–Kier alpha value is -3.28. The average Bonchev–Trinajstić information content (AvgIpc) is 2.96. The Balaban J connectivity index is 1.85. The normalized spacial score (nSPS) is 18.9. The summed E-state index contributed by atoms with van der Waals surface area (Å²) in [6.45, 7) is 0.242. The number of carboxylic acids is 2. The molecule has 1 fully saturated rings. The second-order valence-electron chi connectivity index (χ2n) is 8.33. The van der Waals surface area contributed by atoms with Crippen molar-refractivity contribution in [2.45, 2.75) is 50.6 Å². The summed E-state index contributed by atoms with van der Waals surface area (Å²) < 4.78 is 2.03. The van der Waals surface area contributed by atoms with Gasteiger partial charge in [-0.1, -0.05) is 43.5 Å². The first-order valence-corrected chi connectivity index (χ1v) is 10.5. The fraction of sp³-hybridized carbons (Fsp3) is 0.333. The van der Waals surface area contributed by atoms with Gasteiger partial charge < -0.3 is 20.1 Å². The standard InChI is InChI=1S/C24H24N2O4/c27-23(28)15-10-11-17-20(12-15)26-13-19(24(29)30)25-18-9-5-4-8-16(18)22(26)21(17)14-6-2-1-3-7-14/h4-5,8-12,14,19,25H,1-3,6-7,13H2,(H,27,28)(H,29,30). The molecule has 1 aromatic heterocycles. The Labute approximate surface area is 174 Å². The zero-order valence-corrected chi connectivity index (χ0v) is 16.6. The van der Waals surface area contributed by atoms with Gasteiger partial charge in [-0.05, 0) is 42.5 Å². The molecule has 1 unspecified atom stereocenters. The fourth-order valence-corrected chi connectivity index (χ4v) is 5.17. The Morgan fingerprint density at radius 2 is 1.77 bits per heavy atom. The third kappa shape index (κ3) is 2.95. The number of aliphatic carboxylic acids is 1. The van der Waals surface area contributed by atoms with Crippen molar-refractivity contribution in [1.29, 1.82) is 0 Å². The minimum Gasteiger partial charge on any atom is -0.480 e. The number of aromatic nitrogens is 1. The molecule has 2 aromatic carbocycles. The number of rotatable bonds is 3. The molecule has 5 rings (SSSR count). The quantitative estimate of drug-likeness (QED) is 0.576. The molecule has 2 aliphatic rings. The van der Waals surface area contributed by atoms with Gasteiger partial charge in [-0.3, -0.25) is 0 Å². The Bertz CT molecular complexity index is 1160. The molecular formula is C24H24N2O4. The lowest BCUT2D eigenvalue weighted by atomic mass is 9.81. The van der Waals surface area contributed by atoms with Crippen molar-refractivity contribution in [2.24, 2.45) is 0 Å². The van der Waals surface area contributed by atoms with Crippen molar-refractivity contribution >= 4 is 28.5 Å². The highest BCUT2D eigenvalue weighted by Crippen LogP contribution is 2.46. The van der Waals surface area contributed by atoms with E-state index in [9.17, 15) is 19.8 Å². The van der Waals surface area contributed by atoms with E-state index in [4.69, 9.17) is 0 Å². The molecule has 1 aliphatic heterocycles. The van der Waals surface area contributed by atoms with Gasteiger partial charge in [-0.2, -0.15) is 0 Å². The van der Waals surface area contributed by atoms with Crippen molar-refractivity contribution in [2.75, 3.05) is 5.32 Å². The molecule has 154 valence electrons. The van der Waals surface area contributed by atoms with Crippen LogP contribution in [0.3, 0.4) is 0 Å². The van der Waals surface area contributed by atoms with Crippen LogP contribution in [0.2, 0.25) is 0 Å². The first-order valence-electron chi connectivity index (χ1n) is 10.5. The maximum atomic E-state index is 12.0. The van der Waals surface area contributed by atoms with Gasteiger partial charge in [0.05, 0.1) is 17.8 Å². The number of nitrogens with zero attached hydrogens (tertiary/aromatic N) is 1. The third-order valence-corrected chi connectivity index (χ3v) is 6.54. The van der Waals surface area contributed by atoms with Gasteiger partial charge in [0.25, 0.3) is 0 Å². The molecular weight excluding hydrogens is 380 g/mol. The maximum Gasteiger partial charge on any atom is 0.335 e. The fourth-order valence-electron chi connectivity index (χ4n) is 5.17. The number of anilines is 1. The van der Waals surface area contributed by atoms with E-state index < -0.39 is 18.0 Å². The van der Waals surface area contributed by atoms with Crippen LogP contribution in [0.5, 0.6) is 0 Å². The molecule has 0 bridgehead atoms. The maximum absolute atomic E-state index is 12.0. The highest BCUT2D eigenvalue weighted by atomic mass is 16.4. The number of hydrogen-bond donors (Lipinski definition) is 3. The molecule has 0 radical (unpaired) electrons. The number of nitrogens with one attached hydrogen (secondary N) is 1. The molecule has 1 saturated carbocycles. The van der Waals surface area contributed by atoms with Crippen molar-refractivity contribution in [1.82, 2.24) is 4.57 Å². The predicted octanol–water partition coefficient (Wildman–Crippen LogP) is 4.93. The minimum atomic E-state index is -0.978. The summed E-state index contributed by atoms with van der Waals surface area (Å²) in [6.07, 6.45) is 5.81. The largest absolute Gasteiger partial charge is 0.480 e. The summed E-state index contributed by atoms with van der Waals surface area (Å²) in [5.41, 5.74) is 5.08. The number of carbonyl (C=O) groups is 2. The molecule has 3 aromatic rings. The summed E-state index contributed by atoms with van der Waals surface area (Å²) in [4.78, 5) is 23.6. The average molecular weight is 404 g/mol. The van der Waals surface area contributed by atoms with Crippen molar-refractivity contribution in [3.05, 3.63) is 53.6 Å². The Morgan fingerprint density at radius 1 is 1.00 bits per heavy atom. The topological polar surface area (TPSA) is 91.6 Å². The number of fused-ring (bicyclic) bond motifs is 5. The number of carboxylic acid groups (broad SMARTS) is 2. The summed E-state index contributed by atoms with van der Waals surface area (Å²) in [7, 11) is 0. The lowest BCUT2D eigenvalue weighted by Crippen LogP contribution is -2.32. The number of para-hydroxylation sites is 1. The predicted molar refractivity (Wildman–Crippen MR) is 115 cm³/mol. The highest BCUT2D eigenvalue weighted by Gasteiger charge is 2.32. The van der Waals surface area contributed by atoms with Crippen LogP contribution in [0.1, 0.15) is 53.9 Å². The number of aromatic carboxylic acids is 1. The van der Waals surface area contributed by atoms with Crippen molar-refractivity contribution in [3.8, 4) is 11.3 Å². The monoisotopic (exact) mass is 404 g/mol. The van der Waals surface area contributed by atoms with Crippen molar-refractivity contribution in [3.63, 3.8) is 0 Å². The smallest absolute Gasteiger partial charge is 0.335 e. The van der Waals surface area contributed by atoms with E-state index >= 15 is 0 Å². The van der Waals surface area contributed by atoms with Crippen LogP contribution in [0.25, 0.3) is 22.2 Å². The van der Waals surface area contributed by atoms with Gasteiger partial charge in [-0.15, -0.1) is 0 Å². The molecule has 0 saturated heterocycles. The third-order valence-electron chi connectivity index (χ3n) is 6.54. The van der Waals surface area contributed by atoms with E-state index in [2.05, 4.69) is 5.32 Å². The first kappa shape index (κ1) is 18.7. The second-order valence-corrected chi connectivity index (χ2v) is 8.33. The van der Waals surface area contributed by atoms with Gasteiger partial charge >= 0.3 is 11.9 Å². The second kappa shape index (κ2) is 7.20. The zero-order valence-electron chi connectivity index (χ0n) is 16.6. The first-order chi connectivity index (χ1) is 14.5. The molecule has 0 amide bonds. The SMILES string of the molecule is O=C(O)c1ccc2c(C3CCCCC3)c3n(c2c1)CC(C(=O)O)Nc1ccccc1-3. The summed E-state index contributed by atoms with van der Waals surface area (Å²) >= 11 is 0. The molecule has 1 atom stereocenters. The van der Waals surface area contributed by atoms with Crippen LogP contribution < -0.4 is 5.32 Å². The van der Waals surface area contributed by atoms with E-state index in [1.54, 1.807) is 12.1 Å². The van der Waals surface area contributed by atoms with Crippen LogP contribution in [0, 0.1) is 0 Å². The van der Waals surface area contributed by atoms with Gasteiger partial charge in [0.2, 0.25) is 0 Å². The molecule has 0 spiro atoms. The van der Waals surface area contributed by atoms with Crippen LogP contribution >= 0.6 is 0 Å². The van der Waals surface area contributed by atoms with Crippen LogP contribution in [-0.2, 0) is 11.3 Å². The van der Waals surface area contributed by atoms with Gasteiger partial charge in [0.15, 0.2) is 0 Å². The lowest BCUT2D eigenvalue weighted by molar-refractivity contribution is -0.138. The molecule has 6 nitrogen and oxygen atoms in total. The minimum absolute atomic E-state index is 0.218. The molecule has 30 heavy (non-hydrogen) atoms. The van der Waals surface area contributed by atoms with Crippen molar-refractivity contribution < 1.29 is 19.8 Å². The van der Waals surface area contributed by atoms with E-state index in [1.807, 2.05) is 34.9 Å². The Kier molecular flexibility index (Phi) is 4.50. The molecule has 6 heteroatoms. The number of hydrogen-bond acceptors (Lipinski definition) is 3. The summed E-state index contributed by atoms with van der Waals surface area (Å²) in [5, 5.41) is 23.6. The van der Waals surface area contributed by atoms with Gasteiger partial charge in [0, 0.05) is 22.2 Å². The lowest BCUT2D eigenvalue weighted by Gasteiger charge is -2.23. The van der Waals surface area contributed by atoms with Crippen LogP contribution in [0.15, 0.2) is 42.5 Å². The molecule has 2 heterocycles. The van der Waals surface area contributed by atoms with E-state index in [1.165, 1.54) is 24.8 Å². The Morgan fingerprint density at radius 3 is 2.50 bits per heavy atom. The summed E-state index contributed by atoms with van der Waals surface area (Å²) in [5.74, 6) is -1.51. The zero-order chi connectivity index (χ0) is 20.8. The molecule has 3 N–H and O–H groups in total. The molecule has 1 aliphatic carbocycles. The van der Waals surface area contributed by atoms with Crippen LogP contribution in [0.4, 0.5) is 5.69 Å². The van der Waals surface area contributed by atoms with Gasteiger partial charge in [0.1, 0.15) is 6.04 Å². The number of benzene rings is 2.